The van der Waals surface area contributed by atoms with Gasteiger partial charge in [-0.05, 0) is 81.6 Å². The van der Waals surface area contributed by atoms with Crippen LogP contribution in [0.4, 0.5) is 4.39 Å². The Balaban J connectivity index is 1.71. The minimum atomic E-state index is -3.12. The van der Waals surface area contributed by atoms with E-state index in [0.29, 0.717) is 23.5 Å². The molecule has 0 bridgehead atoms. The van der Waals surface area contributed by atoms with Crippen LogP contribution in [0.5, 0.6) is 0 Å². The number of sulfone groups is 1. The highest BCUT2D eigenvalue weighted by molar-refractivity contribution is 7.92. The SMILES string of the molecule is [C-]#[N+]C1=C(C2CCC(CS(=O)(=O)C(C)(C)C)CC2)CN=C1c1cccc(F)c1. The van der Waals surface area contributed by atoms with E-state index in [1.807, 2.05) is 0 Å². The first-order chi connectivity index (χ1) is 13.1. The summed E-state index contributed by atoms with van der Waals surface area (Å²) in [6.07, 6.45) is 3.46. The molecule has 1 saturated carbocycles. The maximum absolute atomic E-state index is 13.6. The van der Waals surface area contributed by atoms with Crippen LogP contribution in [0, 0.1) is 24.2 Å². The molecule has 4 nitrogen and oxygen atoms in total. The Hall–Kier alpha value is -2.00. The number of aliphatic imine (C=N–C) groups is 1. The molecule has 0 aromatic heterocycles. The van der Waals surface area contributed by atoms with Gasteiger partial charge in [0, 0.05) is 0 Å². The molecule has 1 aliphatic heterocycles. The van der Waals surface area contributed by atoms with E-state index in [2.05, 4.69) is 9.84 Å². The van der Waals surface area contributed by atoms with Crippen LogP contribution >= 0.6 is 0 Å². The molecule has 0 radical (unpaired) electrons. The molecule has 1 aromatic carbocycles. The van der Waals surface area contributed by atoms with Crippen LogP contribution in [-0.2, 0) is 9.84 Å². The lowest BCUT2D eigenvalue weighted by atomic mass is 9.78. The summed E-state index contributed by atoms with van der Waals surface area (Å²) in [5.74, 6) is 0.344. The summed E-state index contributed by atoms with van der Waals surface area (Å²) in [6.45, 7) is 13.4. The van der Waals surface area contributed by atoms with Crippen molar-refractivity contribution in [3.63, 3.8) is 0 Å². The average molecular weight is 403 g/mol. The van der Waals surface area contributed by atoms with Gasteiger partial charge in [-0.2, -0.15) is 0 Å². The van der Waals surface area contributed by atoms with Crippen LogP contribution in [0.15, 0.2) is 40.5 Å². The first-order valence-electron chi connectivity index (χ1n) is 9.76. The lowest BCUT2D eigenvalue weighted by molar-refractivity contribution is 0.318. The Kier molecular flexibility index (Phi) is 5.77. The van der Waals surface area contributed by atoms with Crippen LogP contribution in [-0.4, -0.2) is 31.2 Å². The molecule has 1 fully saturated rings. The number of hydrogen-bond donors (Lipinski definition) is 0. The van der Waals surface area contributed by atoms with Gasteiger partial charge in [0.25, 0.3) is 0 Å². The smallest absolute Gasteiger partial charge is 0.213 e. The van der Waals surface area contributed by atoms with E-state index in [-0.39, 0.29) is 23.4 Å². The monoisotopic (exact) mass is 402 g/mol. The highest BCUT2D eigenvalue weighted by atomic mass is 32.2. The number of nitrogens with zero attached hydrogens (tertiary/aromatic N) is 2. The Bertz CT molecular complexity index is 957. The van der Waals surface area contributed by atoms with Crippen LogP contribution in [0.1, 0.15) is 52.0 Å². The maximum atomic E-state index is 13.6. The molecule has 0 unspecified atom stereocenters. The zero-order chi connectivity index (χ0) is 20.5. The Labute approximate surface area is 167 Å². The number of halogens is 1. The van der Waals surface area contributed by atoms with Crippen molar-refractivity contribution in [3.8, 4) is 0 Å². The minimum absolute atomic E-state index is 0.183. The molecule has 1 aliphatic carbocycles. The normalized spacial score (nSPS) is 23.5. The topological polar surface area (TPSA) is 50.9 Å². The van der Waals surface area contributed by atoms with Crippen molar-refractivity contribution < 1.29 is 12.8 Å². The molecular weight excluding hydrogens is 375 g/mol. The fourth-order valence-corrected chi connectivity index (χ4v) is 5.47. The molecular formula is C22H27FN2O2S. The van der Waals surface area contributed by atoms with Gasteiger partial charge < -0.3 is 0 Å². The van der Waals surface area contributed by atoms with Crippen molar-refractivity contribution in [3.05, 3.63) is 58.3 Å². The van der Waals surface area contributed by atoms with Crippen molar-refractivity contribution in [2.24, 2.45) is 16.8 Å². The summed E-state index contributed by atoms with van der Waals surface area (Å²) in [5, 5.41) is 0. The first-order valence-corrected chi connectivity index (χ1v) is 11.4. The third-order valence-electron chi connectivity index (χ3n) is 5.87. The lowest BCUT2D eigenvalue weighted by Crippen LogP contribution is -2.34. The van der Waals surface area contributed by atoms with Gasteiger partial charge in [-0.15, -0.1) is 0 Å². The Morgan fingerprint density at radius 3 is 2.46 bits per heavy atom. The van der Waals surface area contributed by atoms with Gasteiger partial charge in [-0.3, -0.25) is 4.99 Å². The highest BCUT2D eigenvalue weighted by Crippen LogP contribution is 2.39. The first kappa shape index (κ1) is 20.7. The maximum Gasteiger partial charge on any atom is 0.213 e. The third kappa shape index (κ3) is 4.20. The van der Waals surface area contributed by atoms with Gasteiger partial charge in [0.05, 0.1) is 29.3 Å². The van der Waals surface area contributed by atoms with E-state index in [1.165, 1.54) is 12.1 Å². The predicted molar refractivity (Wildman–Crippen MR) is 110 cm³/mol. The molecule has 6 heteroatoms. The molecule has 28 heavy (non-hydrogen) atoms. The van der Waals surface area contributed by atoms with Crippen molar-refractivity contribution >= 4 is 15.5 Å². The Morgan fingerprint density at radius 1 is 1.21 bits per heavy atom. The average Bonchev–Trinajstić information content (AvgIpc) is 3.05. The minimum Gasteiger partial charge on any atom is -0.293 e. The van der Waals surface area contributed by atoms with Crippen LogP contribution in [0.25, 0.3) is 4.85 Å². The molecule has 0 atom stereocenters. The second-order valence-corrected chi connectivity index (χ2v) is 11.6. The summed E-state index contributed by atoms with van der Waals surface area (Å²) in [4.78, 5) is 8.26. The highest BCUT2D eigenvalue weighted by Gasteiger charge is 2.35. The Morgan fingerprint density at radius 2 is 1.89 bits per heavy atom. The summed E-state index contributed by atoms with van der Waals surface area (Å²) >= 11 is 0. The van der Waals surface area contributed by atoms with Crippen LogP contribution in [0.3, 0.4) is 0 Å². The lowest BCUT2D eigenvalue weighted by Gasteiger charge is -2.31. The standard InChI is InChI=1S/C22H27FN2O2S/c1-22(2,3)28(26,27)14-15-8-10-16(11-9-15)19-13-25-20(21(19)24-4)17-6-5-7-18(23)12-17/h5-7,12,15-16H,8-11,13-14H2,1-3H3. The van der Waals surface area contributed by atoms with E-state index >= 15 is 0 Å². The molecule has 0 spiro atoms. The van der Waals surface area contributed by atoms with E-state index in [0.717, 1.165) is 31.3 Å². The van der Waals surface area contributed by atoms with Gasteiger partial charge >= 0.3 is 0 Å². The van der Waals surface area contributed by atoms with Gasteiger partial charge in [0.2, 0.25) is 5.70 Å². The molecule has 1 aromatic rings. The second kappa shape index (κ2) is 7.79. The molecule has 0 saturated heterocycles. The third-order valence-corrected chi connectivity index (χ3v) is 8.65. The molecule has 2 aliphatic rings. The zero-order valence-corrected chi connectivity index (χ0v) is 17.5. The quantitative estimate of drug-likeness (QED) is 0.678. The summed E-state index contributed by atoms with van der Waals surface area (Å²) in [7, 11) is -3.12. The van der Waals surface area contributed by atoms with Crippen molar-refractivity contribution in [1.82, 2.24) is 0 Å². The number of hydrogen-bond acceptors (Lipinski definition) is 3. The predicted octanol–water partition coefficient (Wildman–Crippen LogP) is 4.82. The van der Waals surface area contributed by atoms with Gasteiger partial charge in [0.1, 0.15) is 5.82 Å². The summed E-state index contributed by atoms with van der Waals surface area (Å²) in [6, 6.07) is 6.22. The summed E-state index contributed by atoms with van der Waals surface area (Å²) < 4.78 is 37.8. The van der Waals surface area contributed by atoms with Crippen molar-refractivity contribution in [1.29, 1.82) is 0 Å². The van der Waals surface area contributed by atoms with Gasteiger partial charge in [-0.25, -0.2) is 17.7 Å². The van der Waals surface area contributed by atoms with E-state index in [4.69, 9.17) is 6.57 Å². The molecule has 150 valence electrons. The van der Waals surface area contributed by atoms with Crippen molar-refractivity contribution in [2.75, 3.05) is 12.3 Å². The van der Waals surface area contributed by atoms with Crippen LogP contribution < -0.4 is 0 Å². The van der Waals surface area contributed by atoms with Gasteiger partial charge in [0.15, 0.2) is 9.84 Å². The van der Waals surface area contributed by atoms with E-state index in [9.17, 15) is 12.8 Å². The number of allylic oxidation sites excluding steroid dienone is 1. The zero-order valence-electron chi connectivity index (χ0n) is 16.7. The molecule has 0 N–H and O–H groups in total. The number of rotatable bonds is 4. The fourth-order valence-electron chi connectivity index (χ4n) is 4.01. The molecule has 1 heterocycles. The summed E-state index contributed by atoms with van der Waals surface area (Å²) in [5.41, 5.74) is 2.82. The van der Waals surface area contributed by atoms with Crippen molar-refractivity contribution in [2.45, 2.75) is 51.2 Å². The van der Waals surface area contributed by atoms with E-state index < -0.39 is 14.6 Å². The molecule has 3 rings (SSSR count). The van der Waals surface area contributed by atoms with E-state index in [1.54, 1.807) is 32.9 Å². The fraction of sp³-hybridized carbons (Fsp3) is 0.545. The second-order valence-electron chi connectivity index (χ2n) is 8.77. The van der Waals surface area contributed by atoms with Gasteiger partial charge in [-0.1, -0.05) is 12.1 Å². The molecule has 0 amide bonds. The number of benzene rings is 1. The van der Waals surface area contributed by atoms with Crippen LogP contribution in [0.2, 0.25) is 0 Å². The largest absolute Gasteiger partial charge is 0.293 e.